The molecule has 2 aromatic rings. The van der Waals surface area contributed by atoms with Gasteiger partial charge in [-0.2, -0.15) is 0 Å². The zero-order valence-corrected chi connectivity index (χ0v) is 13.2. The van der Waals surface area contributed by atoms with Gasteiger partial charge in [0.2, 0.25) is 0 Å². The van der Waals surface area contributed by atoms with Gasteiger partial charge < -0.3 is 20.3 Å². The summed E-state index contributed by atoms with van der Waals surface area (Å²) in [4.78, 5) is 34.0. The number of carboxylic acids is 1. The van der Waals surface area contributed by atoms with Gasteiger partial charge in [-0.25, -0.2) is 4.79 Å². The Labute approximate surface area is 143 Å². The highest BCUT2D eigenvalue weighted by molar-refractivity contribution is 6.38. The summed E-state index contributed by atoms with van der Waals surface area (Å²) in [7, 11) is 1.45. The molecule has 0 aliphatic carbocycles. The lowest BCUT2D eigenvalue weighted by Gasteiger charge is -2.10. The van der Waals surface area contributed by atoms with Crippen molar-refractivity contribution in [3.8, 4) is 5.75 Å². The van der Waals surface area contributed by atoms with Crippen molar-refractivity contribution < 1.29 is 29.3 Å². The summed E-state index contributed by atoms with van der Waals surface area (Å²) in [5, 5.41) is 21.0. The van der Waals surface area contributed by atoms with Crippen molar-refractivity contribution in [2.45, 2.75) is 0 Å². The minimum atomic E-state index is -1.67. The average Bonchev–Trinajstić information content (AvgIpc) is 2.61. The maximum atomic E-state index is 12.3. The molecule has 0 unspecified atom stereocenters. The second kappa shape index (κ2) is 7.78. The minimum Gasteiger partial charge on any atom is -0.507 e. The molecule has 2 rings (SSSR count). The van der Waals surface area contributed by atoms with E-state index in [-0.39, 0.29) is 5.56 Å². The van der Waals surface area contributed by atoms with E-state index in [4.69, 9.17) is 9.84 Å². The molecule has 7 heteroatoms. The molecule has 7 nitrogen and oxygen atoms in total. The van der Waals surface area contributed by atoms with Crippen molar-refractivity contribution in [1.29, 1.82) is 0 Å². The molecule has 0 spiro atoms. The van der Waals surface area contributed by atoms with Gasteiger partial charge in [0.25, 0.3) is 11.7 Å². The summed E-state index contributed by atoms with van der Waals surface area (Å²) < 4.78 is 5.13. The highest BCUT2D eigenvalue weighted by atomic mass is 16.5. The molecule has 0 saturated carbocycles. The number of hydrogen-bond donors (Lipinski definition) is 3. The smallest absolute Gasteiger partial charge is 0.376 e. The van der Waals surface area contributed by atoms with Crippen LogP contribution in [-0.2, 0) is 9.59 Å². The molecule has 0 heterocycles. The number of carbonyl (C=O) groups excluding carboxylic acids is 2. The second-order valence-corrected chi connectivity index (χ2v) is 4.93. The third-order valence-electron chi connectivity index (χ3n) is 3.25. The number of amides is 1. The average molecular weight is 341 g/mol. The molecule has 0 aliphatic rings. The molecule has 25 heavy (non-hydrogen) atoms. The fraction of sp³-hybridized carbons (Fsp3) is 0.0556. The summed E-state index contributed by atoms with van der Waals surface area (Å²) in [6.07, 6.45) is 0.601. The van der Waals surface area contributed by atoms with Crippen LogP contribution in [0.25, 0.3) is 5.76 Å². The fourth-order valence-corrected chi connectivity index (χ4v) is 2.06. The first-order valence-electron chi connectivity index (χ1n) is 7.15. The first kappa shape index (κ1) is 17.7. The minimum absolute atomic E-state index is 0.187. The Morgan fingerprint density at radius 2 is 1.76 bits per heavy atom. The summed E-state index contributed by atoms with van der Waals surface area (Å²) in [6, 6.07) is 12.7. The molecule has 0 radical (unpaired) electrons. The quantitative estimate of drug-likeness (QED) is 0.423. The number of methoxy groups -OCH3 is 1. The molecular formula is C18H15NO6. The number of aliphatic hydroxyl groups is 1. The summed E-state index contributed by atoms with van der Waals surface area (Å²) in [6.45, 7) is 0. The van der Waals surface area contributed by atoms with E-state index in [2.05, 4.69) is 5.32 Å². The number of aliphatic hydroxyl groups excluding tert-OH is 1. The molecule has 3 N–H and O–H groups in total. The maximum Gasteiger partial charge on any atom is 0.376 e. The lowest BCUT2D eigenvalue weighted by atomic mass is 10.1. The lowest BCUT2D eigenvalue weighted by Crippen LogP contribution is -2.13. The van der Waals surface area contributed by atoms with Crippen molar-refractivity contribution in [1.82, 2.24) is 0 Å². The van der Waals surface area contributed by atoms with Gasteiger partial charge in [-0.1, -0.05) is 24.3 Å². The zero-order chi connectivity index (χ0) is 18.4. The van der Waals surface area contributed by atoms with Gasteiger partial charge in [-0.15, -0.1) is 0 Å². The second-order valence-electron chi connectivity index (χ2n) is 4.93. The molecule has 128 valence electrons. The predicted octanol–water partition coefficient (Wildman–Crippen LogP) is 2.50. The van der Waals surface area contributed by atoms with Crippen molar-refractivity contribution in [2.75, 3.05) is 12.4 Å². The van der Waals surface area contributed by atoms with Crippen LogP contribution in [0.4, 0.5) is 5.69 Å². The normalized spacial score (nSPS) is 10.8. The van der Waals surface area contributed by atoms with Gasteiger partial charge in [-0.05, 0) is 24.3 Å². The number of carboxylic acid groups (broad SMARTS) is 1. The SMILES string of the molecule is COc1ccccc1C(=O)Nc1cccc(/C(O)=C/C(=O)C(=O)O)c1. The Kier molecular flexibility index (Phi) is 5.52. The van der Waals surface area contributed by atoms with E-state index in [0.29, 0.717) is 23.1 Å². The highest BCUT2D eigenvalue weighted by Crippen LogP contribution is 2.21. The number of aliphatic carboxylic acids is 1. The zero-order valence-electron chi connectivity index (χ0n) is 13.2. The number of nitrogens with one attached hydrogen (secondary N) is 1. The monoisotopic (exact) mass is 341 g/mol. The number of ether oxygens (including phenoxy) is 1. The molecule has 0 aliphatic heterocycles. The Bertz CT molecular complexity index is 856. The van der Waals surface area contributed by atoms with Crippen molar-refractivity contribution in [3.63, 3.8) is 0 Å². The molecule has 0 atom stereocenters. The largest absolute Gasteiger partial charge is 0.507 e. The predicted molar refractivity (Wildman–Crippen MR) is 90.6 cm³/mol. The Morgan fingerprint density at radius 3 is 2.44 bits per heavy atom. The van der Waals surface area contributed by atoms with Crippen LogP contribution in [0.1, 0.15) is 15.9 Å². The Balaban J connectivity index is 2.23. The van der Waals surface area contributed by atoms with E-state index in [1.807, 2.05) is 0 Å². The van der Waals surface area contributed by atoms with Crippen molar-refractivity contribution >= 4 is 29.1 Å². The van der Waals surface area contributed by atoms with E-state index in [1.54, 1.807) is 36.4 Å². The van der Waals surface area contributed by atoms with Crippen LogP contribution in [0, 0.1) is 0 Å². The third kappa shape index (κ3) is 4.44. The number of carbonyl (C=O) groups is 3. The molecule has 2 aromatic carbocycles. The number of anilines is 1. The van der Waals surface area contributed by atoms with Crippen LogP contribution in [0.15, 0.2) is 54.6 Å². The number of benzene rings is 2. The molecule has 0 saturated heterocycles. The number of rotatable bonds is 6. The molecule has 0 aromatic heterocycles. The highest BCUT2D eigenvalue weighted by Gasteiger charge is 2.13. The first-order chi connectivity index (χ1) is 11.9. The van der Waals surface area contributed by atoms with Gasteiger partial charge in [-0.3, -0.25) is 9.59 Å². The van der Waals surface area contributed by atoms with E-state index in [9.17, 15) is 19.5 Å². The summed E-state index contributed by atoms with van der Waals surface area (Å²) in [5.41, 5.74) is 0.875. The third-order valence-corrected chi connectivity index (χ3v) is 3.25. The molecule has 0 fully saturated rings. The van der Waals surface area contributed by atoms with E-state index in [0.717, 1.165) is 0 Å². The Morgan fingerprint density at radius 1 is 1.04 bits per heavy atom. The van der Waals surface area contributed by atoms with Crippen LogP contribution >= 0.6 is 0 Å². The van der Waals surface area contributed by atoms with Crippen LogP contribution in [0.5, 0.6) is 5.75 Å². The topological polar surface area (TPSA) is 113 Å². The van der Waals surface area contributed by atoms with Gasteiger partial charge in [0.05, 0.1) is 12.7 Å². The number of para-hydroxylation sites is 1. The van der Waals surface area contributed by atoms with Crippen LogP contribution in [0.2, 0.25) is 0 Å². The van der Waals surface area contributed by atoms with Crippen LogP contribution in [-0.4, -0.2) is 35.0 Å². The molecule has 0 bridgehead atoms. The first-order valence-corrected chi connectivity index (χ1v) is 7.15. The maximum absolute atomic E-state index is 12.3. The van der Waals surface area contributed by atoms with E-state index in [1.165, 1.54) is 19.2 Å². The lowest BCUT2D eigenvalue weighted by molar-refractivity contribution is -0.146. The van der Waals surface area contributed by atoms with Gasteiger partial charge in [0.1, 0.15) is 11.5 Å². The Hall–Kier alpha value is -3.61. The van der Waals surface area contributed by atoms with Gasteiger partial charge in [0, 0.05) is 17.3 Å². The van der Waals surface area contributed by atoms with E-state index >= 15 is 0 Å². The standard InChI is InChI=1S/C18H15NO6/c1-25-16-8-3-2-7-13(16)17(22)19-12-6-4-5-11(9-12)14(20)10-15(21)18(23)24/h2-10,20H,1H3,(H,19,22)(H,23,24)/b14-10-. The number of ketones is 1. The van der Waals surface area contributed by atoms with Crippen LogP contribution in [0.3, 0.4) is 0 Å². The molecule has 1 amide bonds. The summed E-state index contributed by atoms with van der Waals surface area (Å²) in [5.74, 6) is -3.44. The summed E-state index contributed by atoms with van der Waals surface area (Å²) >= 11 is 0. The van der Waals surface area contributed by atoms with Crippen LogP contribution < -0.4 is 10.1 Å². The van der Waals surface area contributed by atoms with Gasteiger partial charge in [0.15, 0.2) is 0 Å². The van der Waals surface area contributed by atoms with E-state index < -0.39 is 23.4 Å². The van der Waals surface area contributed by atoms with Crippen molar-refractivity contribution in [3.05, 3.63) is 65.7 Å². The van der Waals surface area contributed by atoms with Gasteiger partial charge >= 0.3 is 5.97 Å². The number of hydrogen-bond acceptors (Lipinski definition) is 5. The van der Waals surface area contributed by atoms with Crippen molar-refractivity contribution in [2.24, 2.45) is 0 Å². The molecular weight excluding hydrogens is 326 g/mol. The fourth-order valence-electron chi connectivity index (χ4n) is 2.06.